The average molecular weight is 150 g/mol. The number of allylic oxidation sites excluding steroid dienone is 1. The molecule has 1 heterocycles. The van der Waals surface area contributed by atoms with Crippen molar-refractivity contribution >= 4 is 5.70 Å². The van der Waals surface area contributed by atoms with Gasteiger partial charge < -0.3 is 5.73 Å². The van der Waals surface area contributed by atoms with Crippen molar-refractivity contribution in [2.24, 2.45) is 5.73 Å². The number of hydrogen-bond donors (Lipinski definition) is 1. The van der Waals surface area contributed by atoms with Crippen LogP contribution in [-0.2, 0) is 0 Å². The Morgan fingerprint density at radius 1 is 1.64 bits per heavy atom. The van der Waals surface area contributed by atoms with Gasteiger partial charge in [-0.3, -0.25) is 0 Å². The largest absolute Gasteiger partial charge is 0.324 e. The van der Waals surface area contributed by atoms with Crippen LogP contribution in [0, 0.1) is 0 Å². The number of aromatic nitrogens is 3. The fourth-order valence-electron chi connectivity index (χ4n) is 1.28. The van der Waals surface area contributed by atoms with Gasteiger partial charge in [0.15, 0.2) is 0 Å². The molecule has 4 heteroatoms. The van der Waals surface area contributed by atoms with Crippen molar-refractivity contribution in [3.63, 3.8) is 0 Å². The topological polar surface area (TPSA) is 56.7 Å². The summed E-state index contributed by atoms with van der Waals surface area (Å²) in [4.78, 5) is 3.86. The Balaban J connectivity index is 2.25. The Morgan fingerprint density at radius 3 is 3.09 bits per heavy atom. The highest BCUT2D eigenvalue weighted by molar-refractivity contribution is 5.47. The first-order valence-corrected chi connectivity index (χ1v) is 3.67. The minimum atomic E-state index is 0.203. The van der Waals surface area contributed by atoms with E-state index in [-0.39, 0.29) is 6.04 Å². The quantitative estimate of drug-likeness (QED) is 0.624. The summed E-state index contributed by atoms with van der Waals surface area (Å²) >= 11 is 0. The second kappa shape index (κ2) is 2.47. The molecule has 1 aliphatic carbocycles. The molecular formula is C7H10N4. The summed E-state index contributed by atoms with van der Waals surface area (Å²) in [6.45, 7) is 0. The standard InChI is InChI=1S/C7H10N4/c8-6-1-2-7(3-6)11-5-9-4-10-11/h3-6H,1-2,8H2. The third-order valence-corrected chi connectivity index (χ3v) is 1.85. The van der Waals surface area contributed by atoms with E-state index >= 15 is 0 Å². The van der Waals surface area contributed by atoms with Gasteiger partial charge in [-0.25, -0.2) is 9.67 Å². The maximum Gasteiger partial charge on any atom is 0.138 e. The zero-order valence-electron chi connectivity index (χ0n) is 6.14. The van der Waals surface area contributed by atoms with E-state index in [0.29, 0.717) is 0 Å². The van der Waals surface area contributed by atoms with E-state index in [1.807, 2.05) is 6.08 Å². The van der Waals surface area contributed by atoms with Gasteiger partial charge in [0.2, 0.25) is 0 Å². The molecule has 4 nitrogen and oxygen atoms in total. The lowest BCUT2D eigenvalue weighted by Crippen LogP contribution is -2.11. The summed E-state index contributed by atoms with van der Waals surface area (Å²) in [5.41, 5.74) is 6.86. The molecule has 0 spiro atoms. The number of rotatable bonds is 1. The summed E-state index contributed by atoms with van der Waals surface area (Å²) in [7, 11) is 0. The van der Waals surface area contributed by atoms with Gasteiger partial charge in [0, 0.05) is 11.7 Å². The minimum Gasteiger partial charge on any atom is -0.324 e. The predicted molar refractivity (Wildman–Crippen MR) is 41.5 cm³/mol. The molecule has 1 aliphatic rings. The van der Waals surface area contributed by atoms with E-state index in [2.05, 4.69) is 10.1 Å². The summed E-state index contributed by atoms with van der Waals surface area (Å²) in [6.07, 6.45) is 7.29. The van der Waals surface area contributed by atoms with Crippen molar-refractivity contribution in [3.8, 4) is 0 Å². The smallest absolute Gasteiger partial charge is 0.138 e. The van der Waals surface area contributed by atoms with Crippen molar-refractivity contribution in [1.82, 2.24) is 14.8 Å². The van der Waals surface area contributed by atoms with Crippen molar-refractivity contribution in [2.75, 3.05) is 0 Å². The predicted octanol–water partition coefficient (Wildman–Crippen LogP) is 0.240. The Labute approximate surface area is 64.7 Å². The molecule has 0 aromatic carbocycles. The van der Waals surface area contributed by atoms with Crippen LogP contribution < -0.4 is 5.73 Å². The number of nitrogens with zero attached hydrogens (tertiary/aromatic N) is 3. The zero-order valence-corrected chi connectivity index (χ0v) is 6.14. The van der Waals surface area contributed by atoms with Crippen LogP contribution in [0.1, 0.15) is 12.8 Å². The van der Waals surface area contributed by atoms with Crippen molar-refractivity contribution in [2.45, 2.75) is 18.9 Å². The minimum absolute atomic E-state index is 0.203. The van der Waals surface area contributed by atoms with Gasteiger partial charge in [-0.1, -0.05) is 0 Å². The number of nitrogens with two attached hydrogens (primary N) is 1. The monoisotopic (exact) mass is 150 g/mol. The van der Waals surface area contributed by atoms with Crippen LogP contribution in [0.4, 0.5) is 0 Å². The third kappa shape index (κ3) is 1.17. The highest BCUT2D eigenvalue weighted by Crippen LogP contribution is 2.19. The normalized spacial score (nSPS) is 23.7. The lowest BCUT2D eigenvalue weighted by atomic mass is 10.3. The van der Waals surface area contributed by atoms with Crippen LogP contribution in [0.3, 0.4) is 0 Å². The van der Waals surface area contributed by atoms with Gasteiger partial charge in [-0.15, -0.1) is 0 Å². The average Bonchev–Trinajstić information content (AvgIpc) is 2.55. The third-order valence-electron chi connectivity index (χ3n) is 1.85. The van der Waals surface area contributed by atoms with E-state index in [1.165, 1.54) is 6.33 Å². The second-order valence-corrected chi connectivity index (χ2v) is 2.70. The molecule has 1 aromatic rings. The van der Waals surface area contributed by atoms with E-state index in [0.717, 1.165) is 18.5 Å². The first kappa shape index (κ1) is 6.54. The van der Waals surface area contributed by atoms with Gasteiger partial charge in [-0.05, 0) is 18.9 Å². The molecule has 0 saturated heterocycles. The van der Waals surface area contributed by atoms with Crippen molar-refractivity contribution < 1.29 is 0 Å². The van der Waals surface area contributed by atoms with E-state index in [1.54, 1.807) is 11.0 Å². The zero-order chi connectivity index (χ0) is 7.68. The lowest BCUT2D eigenvalue weighted by Gasteiger charge is -1.96. The molecule has 2 N–H and O–H groups in total. The van der Waals surface area contributed by atoms with Crippen LogP contribution in [0.25, 0.3) is 5.70 Å². The molecular weight excluding hydrogens is 140 g/mol. The van der Waals surface area contributed by atoms with Crippen molar-refractivity contribution in [3.05, 3.63) is 18.7 Å². The Hall–Kier alpha value is -1.16. The SMILES string of the molecule is NC1C=C(n2cncn2)CC1. The molecule has 0 radical (unpaired) electrons. The van der Waals surface area contributed by atoms with E-state index < -0.39 is 0 Å². The summed E-state index contributed by atoms with van der Waals surface area (Å²) < 4.78 is 1.77. The maximum atomic E-state index is 5.69. The number of hydrogen-bond acceptors (Lipinski definition) is 3. The molecule has 0 bridgehead atoms. The molecule has 0 amide bonds. The highest BCUT2D eigenvalue weighted by atomic mass is 15.3. The van der Waals surface area contributed by atoms with Gasteiger partial charge in [-0.2, -0.15) is 5.10 Å². The van der Waals surface area contributed by atoms with E-state index in [4.69, 9.17) is 5.73 Å². The molecule has 11 heavy (non-hydrogen) atoms. The molecule has 58 valence electrons. The summed E-state index contributed by atoms with van der Waals surface area (Å²) in [5.74, 6) is 0. The molecule has 1 atom stereocenters. The van der Waals surface area contributed by atoms with Crippen LogP contribution in [0.15, 0.2) is 18.7 Å². The summed E-state index contributed by atoms with van der Waals surface area (Å²) in [6, 6.07) is 0.203. The first-order valence-electron chi connectivity index (χ1n) is 3.67. The Bertz CT molecular complexity index is 262. The molecule has 1 unspecified atom stereocenters. The van der Waals surface area contributed by atoms with Gasteiger partial charge in [0.25, 0.3) is 0 Å². The van der Waals surface area contributed by atoms with Gasteiger partial charge in [0.1, 0.15) is 12.7 Å². The Morgan fingerprint density at radius 2 is 2.55 bits per heavy atom. The van der Waals surface area contributed by atoms with Gasteiger partial charge >= 0.3 is 0 Å². The first-order chi connectivity index (χ1) is 5.36. The Kier molecular flexibility index (Phi) is 1.47. The van der Waals surface area contributed by atoms with Crippen LogP contribution in [-0.4, -0.2) is 20.8 Å². The van der Waals surface area contributed by atoms with Gasteiger partial charge in [0.05, 0.1) is 0 Å². The highest BCUT2D eigenvalue weighted by Gasteiger charge is 2.12. The molecule has 0 fully saturated rings. The van der Waals surface area contributed by atoms with Crippen LogP contribution >= 0.6 is 0 Å². The van der Waals surface area contributed by atoms with Crippen LogP contribution in [0.2, 0.25) is 0 Å². The second-order valence-electron chi connectivity index (χ2n) is 2.70. The fraction of sp³-hybridized carbons (Fsp3) is 0.429. The van der Waals surface area contributed by atoms with Crippen LogP contribution in [0.5, 0.6) is 0 Å². The van der Waals surface area contributed by atoms with Crippen molar-refractivity contribution in [1.29, 1.82) is 0 Å². The summed E-state index contributed by atoms with van der Waals surface area (Å²) in [5, 5.41) is 4.01. The molecule has 0 aliphatic heterocycles. The fourth-order valence-corrected chi connectivity index (χ4v) is 1.28. The molecule has 0 saturated carbocycles. The molecule has 2 rings (SSSR count). The van der Waals surface area contributed by atoms with E-state index in [9.17, 15) is 0 Å². The molecule has 1 aromatic heterocycles. The maximum absolute atomic E-state index is 5.69. The lowest BCUT2D eigenvalue weighted by molar-refractivity contribution is 0.768.